The molecule has 0 aromatic rings. The van der Waals surface area contributed by atoms with Crippen molar-refractivity contribution in [2.75, 3.05) is 0 Å². The van der Waals surface area contributed by atoms with Crippen LogP contribution in [-0.2, 0) is 0 Å². The van der Waals surface area contributed by atoms with Crippen molar-refractivity contribution in [3.63, 3.8) is 0 Å². The Morgan fingerprint density at radius 2 is 2.25 bits per heavy atom. The monoisotopic (exact) mass is 180 g/mol. The zero-order valence-electron chi connectivity index (χ0n) is 7.01. The molecule has 0 aliphatic heterocycles. The molecule has 0 bridgehead atoms. The minimum Gasteiger partial charge on any atom is -0.508 e. The highest BCUT2D eigenvalue weighted by Gasteiger charge is 2.12. The van der Waals surface area contributed by atoms with Crippen molar-refractivity contribution in [1.29, 1.82) is 0 Å². The van der Waals surface area contributed by atoms with Gasteiger partial charge in [-0.2, -0.15) is 0 Å². The van der Waals surface area contributed by atoms with Crippen LogP contribution in [0.15, 0.2) is 47.5 Å². The van der Waals surface area contributed by atoms with Crippen LogP contribution >= 0.6 is 9.24 Å². The van der Waals surface area contributed by atoms with Gasteiger partial charge in [-0.05, 0) is 24.2 Å². The average Bonchev–Trinajstić information content (AvgIpc) is 2.03. The van der Waals surface area contributed by atoms with Crippen molar-refractivity contribution in [1.82, 2.24) is 0 Å². The largest absolute Gasteiger partial charge is 0.508 e. The maximum atomic E-state index is 9.52. The molecule has 1 aliphatic carbocycles. The summed E-state index contributed by atoms with van der Waals surface area (Å²) >= 11 is 0. The fraction of sp³-hybridized carbons (Fsp3) is 0.200. The molecule has 2 heteroatoms. The summed E-state index contributed by atoms with van der Waals surface area (Å²) in [4.78, 5) is 0. The number of hydrogen-bond donors (Lipinski definition) is 1. The second-order valence-corrected chi connectivity index (χ2v) is 3.45. The molecule has 1 nitrogen and oxygen atoms in total. The van der Waals surface area contributed by atoms with Crippen molar-refractivity contribution in [2.24, 2.45) is 0 Å². The lowest BCUT2D eigenvalue weighted by Gasteiger charge is -2.15. The first-order valence-electron chi connectivity index (χ1n) is 3.85. The summed E-state index contributed by atoms with van der Waals surface area (Å²) in [6.07, 6.45) is 5.22. The molecular weight excluding hydrogens is 167 g/mol. The molecule has 1 N–H and O–H groups in total. The molecule has 12 heavy (non-hydrogen) atoms. The van der Waals surface area contributed by atoms with E-state index in [4.69, 9.17) is 0 Å². The van der Waals surface area contributed by atoms with Gasteiger partial charge in [0.2, 0.25) is 0 Å². The third-order valence-electron chi connectivity index (χ3n) is 1.91. The summed E-state index contributed by atoms with van der Waals surface area (Å²) in [5.41, 5.74) is 1.94. The van der Waals surface area contributed by atoms with E-state index in [0.29, 0.717) is 5.76 Å². The predicted octanol–water partition coefficient (Wildman–Crippen LogP) is 3.09. The Balaban J connectivity index is 3.04. The third-order valence-corrected chi connectivity index (χ3v) is 2.50. The minimum absolute atomic E-state index is 0.330. The van der Waals surface area contributed by atoms with Crippen LogP contribution in [0.2, 0.25) is 0 Å². The van der Waals surface area contributed by atoms with Crippen LogP contribution in [0.3, 0.4) is 0 Å². The number of aliphatic hydroxyl groups is 1. The average molecular weight is 180 g/mol. The van der Waals surface area contributed by atoms with Gasteiger partial charge in [-0.3, -0.25) is 0 Å². The van der Waals surface area contributed by atoms with Crippen molar-refractivity contribution in [3.05, 3.63) is 47.5 Å². The van der Waals surface area contributed by atoms with E-state index < -0.39 is 0 Å². The summed E-state index contributed by atoms with van der Waals surface area (Å²) in [5, 5.41) is 10.5. The fourth-order valence-electron chi connectivity index (χ4n) is 1.18. The lowest BCUT2D eigenvalue weighted by molar-refractivity contribution is 0.414. The van der Waals surface area contributed by atoms with E-state index in [-0.39, 0.29) is 0 Å². The van der Waals surface area contributed by atoms with Crippen LogP contribution in [0.4, 0.5) is 0 Å². The van der Waals surface area contributed by atoms with Gasteiger partial charge in [0, 0.05) is 5.57 Å². The lowest BCUT2D eigenvalue weighted by atomic mass is 9.96. The zero-order valence-corrected chi connectivity index (χ0v) is 8.16. The van der Waals surface area contributed by atoms with Crippen LogP contribution in [0.1, 0.15) is 12.8 Å². The van der Waals surface area contributed by atoms with Gasteiger partial charge in [0.15, 0.2) is 0 Å². The Hall–Kier alpha value is -0.810. The van der Waals surface area contributed by atoms with Crippen LogP contribution in [0, 0.1) is 0 Å². The summed E-state index contributed by atoms with van der Waals surface area (Å²) in [7, 11) is 2.57. The molecule has 0 heterocycles. The van der Waals surface area contributed by atoms with E-state index in [9.17, 15) is 5.11 Å². The second kappa shape index (κ2) is 3.73. The Labute approximate surface area is 75.4 Å². The Kier molecular flexibility index (Phi) is 2.88. The van der Waals surface area contributed by atoms with Crippen LogP contribution in [-0.4, -0.2) is 5.11 Å². The first-order chi connectivity index (χ1) is 5.65. The van der Waals surface area contributed by atoms with E-state index >= 15 is 0 Å². The van der Waals surface area contributed by atoms with Crippen LogP contribution in [0.25, 0.3) is 0 Å². The molecule has 1 unspecified atom stereocenters. The highest BCUT2D eigenvalue weighted by Crippen LogP contribution is 2.30. The van der Waals surface area contributed by atoms with Crippen LogP contribution in [0.5, 0.6) is 0 Å². The SMILES string of the molecule is C=C/C(P)=C1/CCC(=C)C=C1O. The van der Waals surface area contributed by atoms with Crippen LogP contribution < -0.4 is 0 Å². The lowest BCUT2D eigenvalue weighted by Crippen LogP contribution is -1.98. The first kappa shape index (κ1) is 9.28. The molecule has 0 spiro atoms. The van der Waals surface area contributed by atoms with Crippen molar-refractivity contribution >= 4 is 9.24 Å². The Morgan fingerprint density at radius 1 is 1.58 bits per heavy atom. The van der Waals surface area contributed by atoms with E-state index in [0.717, 1.165) is 29.3 Å². The normalized spacial score (nSPS) is 21.8. The molecule has 0 saturated carbocycles. The number of hydrogen-bond acceptors (Lipinski definition) is 1. The molecule has 1 aliphatic rings. The molecule has 0 aromatic heterocycles. The first-order valence-corrected chi connectivity index (χ1v) is 4.42. The van der Waals surface area contributed by atoms with E-state index in [2.05, 4.69) is 22.4 Å². The Bertz CT molecular complexity index is 284. The quantitative estimate of drug-likeness (QED) is 0.615. The van der Waals surface area contributed by atoms with E-state index in [1.165, 1.54) is 0 Å². The molecule has 1 atom stereocenters. The van der Waals surface area contributed by atoms with Gasteiger partial charge in [-0.25, -0.2) is 0 Å². The minimum atomic E-state index is 0.330. The molecule has 0 fully saturated rings. The summed E-state index contributed by atoms with van der Waals surface area (Å²) < 4.78 is 0. The van der Waals surface area contributed by atoms with Gasteiger partial charge in [-0.15, -0.1) is 9.24 Å². The summed E-state index contributed by atoms with van der Waals surface area (Å²) in [6.45, 7) is 7.44. The van der Waals surface area contributed by atoms with Gasteiger partial charge in [0.25, 0.3) is 0 Å². The fourth-order valence-corrected chi connectivity index (χ4v) is 1.47. The molecule has 0 aromatic carbocycles. The maximum absolute atomic E-state index is 9.52. The van der Waals surface area contributed by atoms with Gasteiger partial charge in [0.05, 0.1) is 0 Å². The zero-order chi connectivity index (χ0) is 9.14. The van der Waals surface area contributed by atoms with Gasteiger partial charge >= 0.3 is 0 Å². The summed E-state index contributed by atoms with van der Waals surface area (Å²) in [6, 6.07) is 0. The van der Waals surface area contributed by atoms with E-state index in [1.807, 2.05) is 0 Å². The summed E-state index contributed by atoms with van der Waals surface area (Å²) in [5.74, 6) is 0.330. The second-order valence-electron chi connectivity index (χ2n) is 2.83. The smallest absolute Gasteiger partial charge is 0.119 e. The Morgan fingerprint density at radius 3 is 2.75 bits per heavy atom. The molecule has 0 saturated heterocycles. The van der Waals surface area contributed by atoms with Gasteiger partial charge in [0.1, 0.15) is 5.76 Å². The number of aliphatic hydroxyl groups excluding tert-OH is 1. The molecule has 1 rings (SSSR count). The molecule has 0 amide bonds. The number of allylic oxidation sites excluding steroid dienone is 5. The highest BCUT2D eigenvalue weighted by molar-refractivity contribution is 7.23. The van der Waals surface area contributed by atoms with Gasteiger partial charge in [-0.1, -0.05) is 24.8 Å². The predicted molar refractivity (Wildman–Crippen MR) is 56.0 cm³/mol. The van der Waals surface area contributed by atoms with Crippen molar-refractivity contribution in [2.45, 2.75) is 12.8 Å². The third kappa shape index (κ3) is 1.86. The maximum Gasteiger partial charge on any atom is 0.119 e. The van der Waals surface area contributed by atoms with Crippen molar-refractivity contribution < 1.29 is 5.11 Å². The standard InChI is InChI=1S/C10H13OP/c1-3-10(12)8-5-4-7(2)6-9(8)11/h3,6,11H,1-2,4-5,12H2/b10-8+. The molecule has 0 radical (unpaired) electrons. The number of rotatable bonds is 1. The van der Waals surface area contributed by atoms with Crippen molar-refractivity contribution in [3.8, 4) is 0 Å². The van der Waals surface area contributed by atoms with Gasteiger partial charge < -0.3 is 5.11 Å². The topological polar surface area (TPSA) is 20.2 Å². The molecular formula is C10H13OP. The van der Waals surface area contributed by atoms with E-state index in [1.54, 1.807) is 12.2 Å². The highest BCUT2D eigenvalue weighted by atomic mass is 31.0. The molecule has 64 valence electrons.